The summed E-state index contributed by atoms with van der Waals surface area (Å²) in [6, 6.07) is 7.23. The van der Waals surface area contributed by atoms with Crippen LogP contribution < -0.4 is 5.32 Å². The van der Waals surface area contributed by atoms with E-state index < -0.39 is 30.0 Å². The van der Waals surface area contributed by atoms with Gasteiger partial charge in [0.05, 0.1) is 11.6 Å². The van der Waals surface area contributed by atoms with Crippen LogP contribution in [0.25, 0.3) is 10.9 Å². The van der Waals surface area contributed by atoms with E-state index >= 15 is 0 Å². The SMILES string of the molecule is O=C(O)CN1C(=O)[C@H](Cc2c[nH]c3ccccc23)NC2(CCCCC2)C1=O. The Balaban J connectivity index is 1.67. The first kappa shape index (κ1) is 17.7. The van der Waals surface area contributed by atoms with Crippen LogP contribution in [0.4, 0.5) is 0 Å². The highest BCUT2D eigenvalue weighted by molar-refractivity contribution is 6.07. The van der Waals surface area contributed by atoms with Gasteiger partial charge in [0.1, 0.15) is 6.54 Å². The van der Waals surface area contributed by atoms with Crippen molar-refractivity contribution in [2.45, 2.75) is 50.1 Å². The van der Waals surface area contributed by atoms with E-state index in [-0.39, 0.29) is 5.91 Å². The first-order chi connectivity index (χ1) is 13.0. The third-order valence-electron chi connectivity index (χ3n) is 5.77. The van der Waals surface area contributed by atoms with Gasteiger partial charge >= 0.3 is 5.97 Å². The van der Waals surface area contributed by atoms with Crippen molar-refractivity contribution in [2.24, 2.45) is 0 Å². The van der Waals surface area contributed by atoms with Crippen molar-refractivity contribution in [1.82, 2.24) is 15.2 Å². The molecule has 1 aliphatic heterocycles. The first-order valence-electron chi connectivity index (χ1n) is 9.40. The molecule has 27 heavy (non-hydrogen) atoms. The quantitative estimate of drug-likeness (QED) is 0.714. The zero-order chi connectivity index (χ0) is 19.0. The number of hydrogen-bond donors (Lipinski definition) is 3. The minimum absolute atomic E-state index is 0.384. The van der Waals surface area contributed by atoms with Gasteiger partial charge in [-0.25, -0.2) is 0 Å². The number of imide groups is 1. The monoisotopic (exact) mass is 369 g/mol. The molecule has 1 spiro atoms. The maximum atomic E-state index is 13.0. The molecule has 1 saturated carbocycles. The molecule has 4 rings (SSSR count). The van der Waals surface area contributed by atoms with Crippen molar-refractivity contribution in [3.8, 4) is 0 Å². The number of aromatic nitrogens is 1. The average Bonchev–Trinajstić information content (AvgIpc) is 3.07. The standard InChI is InChI=1S/C20H23N3O4/c24-17(25)12-23-18(26)16(22-20(19(23)27)8-4-1-5-9-20)10-13-11-21-15-7-3-2-6-14(13)15/h2-3,6-7,11,16,21-22H,1,4-5,8-10,12H2,(H,24,25)/t16-/m0/s1. The second-order valence-corrected chi connectivity index (χ2v) is 7.53. The van der Waals surface area contributed by atoms with Gasteiger partial charge in [-0.3, -0.25) is 24.6 Å². The lowest BCUT2D eigenvalue weighted by atomic mass is 9.77. The summed E-state index contributed by atoms with van der Waals surface area (Å²) in [7, 11) is 0. The van der Waals surface area contributed by atoms with Gasteiger partial charge < -0.3 is 10.1 Å². The number of aliphatic carboxylic acids is 1. The number of piperazine rings is 1. The molecule has 2 heterocycles. The van der Waals surface area contributed by atoms with Gasteiger partial charge in [0.2, 0.25) is 11.8 Å². The van der Waals surface area contributed by atoms with E-state index in [0.29, 0.717) is 19.3 Å². The lowest BCUT2D eigenvalue weighted by Crippen LogP contribution is -2.71. The molecular weight excluding hydrogens is 346 g/mol. The largest absolute Gasteiger partial charge is 0.480 e. The summed E-state index contributed by atoms with van der Waals surface area (Å²) in [5.41, 5.74) is 1.15. The van der Waals surface area contributed by atoms with Crippen molar-refractivity contribution in [3.05, 3.63) is 36.0 Å². The van der Waals surface area contributed by atoms with Gasteiger partial charge in [-0.05, 0) is 30.9 Å². The zero-order valence-corrected chi connectivity index (χ0v) is 15.0. The number of nitrogens with zero attached hydrogens (tertiary/aromatic N) is 1. The van der Waals surface area contributed by atoms with E-state index in [1.165, 1.54) is 0 Å². The number of carboxylic acid groups (broad SMARTS) is 1. The Morgan fingerprint density at radius 2 is 1.93 bits per heavy atom. The van der Waals surface area contributed by atoms with Crippen LogP contribution in [0.1, 0.15) is 37.7 Å². The van der Waals surface area contributed by atoms with Gasteiger partial charge in [-0.1, -0.05) is 37.5 Å². The highest BCUT2D eigenvalue weighted by Crippen LogP contribution is 2.34. The molecule has 3 N–H and O–H groups in total. The fourth-order valence-corrected chi connectivity index (χ4v) is 4.46. The van der Waals surface area contributed by atoms with Gasteiger partial charge in [-0.15, -0.1) is 0 Å². The number of nitrogens with one attached hydrogen (secondary N) is 2. The Kier molecular flexibility index (Phi) is 4.47. The third-order valence-corrected chi connectivity index (χ3v) is 5.77. The van der Waals surface area contributed by atoms with E-state index in [1.807, 2.05) is 30.5 Å². The van der Waals surface area contributed by atoms with E-state index in [0.717, 1.165) is 40.6 Å². The molecule has 0 radical (unpaired) electrons. The maximum Gasteiger partial charge on any atom is 0.323 e. The molecule has 1 aliphatic carbocycles. The third kappa shape index (κ3) is 3.12. The minimum Gasteiger partial charge on any atom is -0.480 e. The lowest BCUT2D eigenvalue weighted by molar-refractivity contribution is -0.162. The van der Waals surface area contributed by atoms with Crippen molar-refractivity contribution < 1.29 is 19.5 Å². The number of fused-ring (bicyclic) bond motifs is 1. The fraction of sp³-hybridized carbons (Fsp3) is 0.450. The summed E-state index contributed by atoms with van der Waals surface area (Å²) in [5, 5.41) is 13.6. The second-order valence-electron chi connectivity index (χ2n) is 7.53. The highest BCUT2D eigenvalue weighted by atomic mass is 16.4. The molecule has 7 nitrogen and oxygen atoms in total. The number of carboxylic acids is 1. The number of carbonyl (C=O) groups is 3. The summed E-state index contributed by atoms with van der Waals surface area (Å²) in [6.45, 7) is -0.578. The number of H-pyrrole nitrogens is 1. The Labute approximate surface area is 156 Å². The molecule has 2 fully saturated rings. The Bertz CT molecular complexity index is 898. The molecule has 2 aliphatic rings. The minimum atomic E-state index is -1.17. The van der Waals surface area contributed by atoms with Gasteiger partial charge in [0.25, 0.3) is 0 Å². The summed E-state index contributed by atoms with van der Waals surface area (Å²) in [5.74, 6) is -2.01. The van der Waals surface area contributed by atoms with Gasteiger partial charge in [0, 0.05) is 17.1 Å². The van der Waals surface area contributed by atoms with E-state index in [4.69, 9.17) is 0 Å². The van der Waals surface area contributed by atoms with Crippen LogP contribution in [0.3, 0.4) is 0 Å². The first-order valence-corrected chi connectivity index (χ1v) is 9.40. The van der Waals surface area contributed by atoms with Crippen LogP contribution >= 0.6 is 0 Å². The molecule has 2 aromatic rings. The molecule has 1 saturated heterocycles. The summed E-state index contributed by atoms with van der Waals surface area (Å²) >= 11 is 0. The number of benzene rings is 1. The van der Waals surface area contributed by atoms with Crippen LogP contribution in [-0.4, -0.2) is 50.9 Å². The van der Waals surface area contributed by atoms with Crippen molar-refractivity contribution in [2.75, 3.05) is 6.54 Å². The van der Waals surface area contributed by atoms with Crippen LogP contribution in [0, 0.1) is 0 Å². The zero-order valence-electron chi connectivity index (χ0n) is 15.0. The Hall–Kier alpha value is -2.67. The highest BCUT2D eigenvalue weighted by Gasteiger charge is 2.51. The summed E-state index contributed by atoms with van der Waals surface area (Å²) < 4.78 is 0. The number of hydrogen-bond acceptors (Lipinski definition) is 4. The molecule has 7 heteroatoms. The molecule has 0 unspecified atom stereocenters. The normalized spacial score (nSPS) is 22.5. The molecule has 2 amide bonds. The number of carbonyl (C=O) groups excluding carboxylic acids is 2. The molecule has 1 aromatic carbocycles. The molecular formula is C20H23N3O4. The fourth-order valence-electron chi connectivity index (χ4n) is 4.46. The number of amides is 2. The van der Waals surface area contributed by atoms with Crippen LogP contribution in [-0.2, 0) is 20.8 Å². The Morgan fingerprint density at radius 1 is 1.19 bits per heavy atom. The predicted octanol–water partition coefficient (Wildman–Crippen LogP) is 1.82. The molecule has 0 bridgehead atoms. The van der Waals surface area contributed by atoms with Crippen molar-refractivity contribution in [1.29, 1.82) is 0 Å². The smallest absolute Gasteiger partial charge is 0.323 e. The van der Waals surface area contributed by atoms with Crippen LogP contribution in [0.2, 0.25) is 0 Å². The van der Waals surface area contributed by atoms with Crippen LogP contribution in [0.15, 0.2) is 30.5 Å². The number of aromatic amines is 1. The predicted molar refractivity (Wildman–Crippen MR) is 99.1 cm³/mol. The number of para-hydroxylation sites is 1. The van der Waals surface area contributed by atoms with Gasteiger partial charge in [0.15, 0.2) is 0 Å². The van der Waals surface area contributed by atoms with E-state index in [1.54, 1.807) is 0 Å². The molecule has 1 aromatic heterocycles. The second kappa shape index (κ2) is 6.81. The lowest BCUT2D eigenvalue weighted by Gasteiger charge is -2.46. The number of rotatable bonds is 4. The van der Waals surface area contributed by atoms with Crippen molar-refractivity contribution in [3.63, 3.8) is 0 Å². The maximum absolute atomic E-state index is 13.0. The van der Waals surface area contributed by atoms with Crippen LogP contribution in [0.5, 0.6) is 0 Å². The molecule has 142 valence electrons. The van der Waals surface area contributed by atoms with Crippen molar-refractivity contribution >= 4 is 28.7 Å². The topological polar surface area (TPSA) is 102 Å². The summed E-state index contributed by atoms with van der Waals surface area (Å²) in [6.07, 6.45) is 6.41. The molecule has 1 atom stereocenters. The van der Waals surface area contributed by atoms with E-state index in [9.17, 15) is 19.5 Å². The average molecular weight is 369 g/mol. The van der Waals surface area contributed by atoms with E-state index in [2.05, 4.69) is 10.3 Å². The van der Waals surface area contributed by atoms with Gasteiger partial charge in [-0.2, -0.15) is 0 Å². The summed E-state index contributed by atoms with van der Waals surface area (Å²) in [4.78, 5) is 41.3. The Morgan fingerprint density at radius 3 is 2.67 bits per heavy atom.